The van der Waals surface area contributed by atoms with E-state index in [0.29, 0.717) is 6.61 Å². The molecule has 14 heavy (non-hydrogen) atoms. The Morgan fingerprint density at radius 1 is 1.79 bits per heavy atom. The van der Waals surface area contributed by atoms with Crippen LogP contribution in [-0.4, -0.2) is 42.2 Å². The number of hydroxylamine groups is 2. The number of hydrogen-bond donors (Lipinski definition) is 1. The van der Waals surface area contributed by atoms with Gasteiger partial charge in [-0.05, 0) is 0 Å². The van der Waals surface area contributed by atoms with Gasteiger partial charge in [0.1, 0.15) is 13.1 Å². The van der Waals surface area contributed by atoms with E-state index in [-0.39, 0.29) is 24.9 Å². The summed E-state index contributed by atoms with van der Waals surface area (Å²) in [5.41, 5.74) is 0. The smallest absolute Gasteiger partial charge is 0.253 e. The average Bonchev–Trinajstić information content (AvgIpc) is 2.33. The molecule has 1 rings (SSSR count). The van der Waals surface area contributed by atoms with Crippen molar-refractivity contribution in [2.24, 2.45) is 5.92 Å². The molecular weight excluding hydrogens is 209 g/mol. The molecule has 1 aliphatic heterocycles. The van der Waals surface area contributed by atoms with E-state index in [0.717, 1.165) is 5.06 Å². The van der Waals surface area contributed by atoms with Crippen LogP contribution >= 0.6 is 7.37 Å². The standard InChI is InChI=1S/C7H14NO5P/c1-6-3-13-8(7(6)9)4-12-5-14(2,10)11/h6H,3-5H2,1-2H3,(H,10,11). The summed E-state index contributed by atoms with van der Waals surface area (Å²) < 4.78 is 15.7. The maximum absolute atomic E-state index is 11.3. The van der Waals surface area contributed by atoms with Crippen molar-refractivity contribution in [3.05, 3.63) is 0 Å². The van der Waals surface area contributed by atoms with Crippen LogP contribution in [0.3, 0.4) is 0 Å². The Morgan fingerprint density at radius 2 is 2.43 bits per heavy atom. The number of amides is 1. The summed E-state index contributed by atoms with van der Waals surface area (Å²) in [7, 11) is -3.17. The predicted octanol–water partition coefficient (Wildman–Crippen LogP) is 0.228. The third-order valence-corrected chi connectivity index (χ3v) is 2.35. The van der Waals surface area contributed by atoms with Crippen LogP contribution < -0.4 is 0 Å². The molecule has 0 aromatic rings. The van der Waals surface area contributed by atoms with Crippen molar-refractivity contribution in [3.63, 3.8) is 0 Å². The molecule has 1 amide bonds. The lowest BCUT2D eigenvalue weighted by Crippen LogP contribution is -2.28. The summed E-state index contributed by atoms with van der Waals surface area (Å²) in [5, 5.41) is 1.07. The summed E-state index contributed by atoms with van der Waals surface area (Å²) >= 11 is 0. The Balaban J connectivity index is 2.26. The van der Waals surface area contributed by atoms with Crippen LogP contribution in [0.1, 0.15) is 6.92 Å². The van der Waals surface area contributed by atoms with Crippen LogP contribution in [-0.2, 0) is 18.9 Å². The molecule has 1 aliphatic rings. The summed E-state index contributed by atoms with van der Waals surface area (Å²) in [5.74, 6) is -0.324. The van der Waals surface area contributed by atoms with Gasteiger partial charge in [0.25, 0.3) is 5.91 Å². The molecule has 0 radical (unpaired) electrons. The zero-order valence-electron chi connectivity index (χ0n) is 8.17. The van der Waals surface area contributed by atoms with E-state index in [9.17, 15) is 9.36 Å². The zero-order valence-corrected chi connectivity index (χ0v) is 9.07. The van der Waals surface area contributed by atoms with Gasteiger partial charge in [-0.15, -0.1) is 0 Å². The van der Waals surface area contributed by atoms with Crippen LogP contribution in [0.2, 0.25) is 0 Å². The van der Waals surface area contributed by atoms with Crippen LogP contribution in [0, 0.1) is 5.92 Å². The first-order chi connectivity index (χ1) is 6.40. The van der Waals surface area contributed by atoms with Crippen molar-refractivity contribution in [1.82, 2.24) is 5.06 Å². The Hall–Kier alpha value is -0.420. The molecule has 0 saturated carbocycles. The SMILES string of the molecule is CC1CON(COCP(C)(=O)O)C1=O. The quantitative estimate of drug-likeness (QED) is 0.690. The van der Waals surface area contributed by atoms with E-state index >= 15 is 0 Å². The molecule has 1 heterocycles. The highest BCUT2D eigenvalue weighted by Crippen LogP contribution is 2.34. The highest BCUT2D eigenvalue weighted by molar-refractivity contribution is 7.56. The monoisotopic (exact) mass is 223 g/mol. The third-order valence-electron chi connectivity index (χ3n) is 1.69. The lowest BCUT2D eigenvalue weighted by Gasteiger charge is -2.14. The molecule has 2 atom stereocenters. The molecule has 1 fully saturated rings. The average molecular weight is 223 g/mol. The van der Waals surface area contributed by atoms with Gasteiger partial charge in [0.05, 0.1) is 12.5 Å². The number of hydrogen-bond acceptors (Lipinski definition) is 4. The van der Waals surface area contributed by atoms with E-state index in [4.69, 9.17) is 14.5 Å². The van der Waals surface area contributed by atoms with E-state index in [1.807, 2.05) is 0 Å². The number of nitrogens with zero attached hydrogens (tertiary/aromatic N) is 1. The van der Waals surface area contributed by atoms with Crippen LogP contribution in [0.25, 0.3) is 0 Å². The molecule has 6 nitrogen and oxygen atoms in total. The Bertz CT molecular complexity index is 263. The van der Waals surface area contributed by atoms with Gasteiger partial charge in [-0.1, -0.05) is 6.92 Å². The van der Waals surface area contributed by atoms with Gasteiger partial charge in [-0.25, -0.2) is 0 Å². The molecule has 0 aromatic carbocycles. The van der Waals surface area contributed by atoms with E-state index in [1.54, 1.807) is 6.92 Å². The normalized spacial score (nSPS) is 26.6. The fourth-order valence-corrected chi connectivity index (χ4v) is 1.40. The minimum Gasteiger partial charge on any atom is -0.349 e. The molecule has 1 N–H and O–H groups in total. The molecule has 0 bridgehead atoms. The largest absolute Gasteiger partial charge is 0.349 e. The number of carbonyl (C=O) groups is 1. The summed E-state index contributed by atoms with van der Waals surface area (Å²) in [4.78, 5) is 25.1. The Kier molecular flexibility index (Phi) is 3.66. The first-order valence-corrected chi connectivity index (χ1v) is 6.50. The lowest BCUT2D eigenvalue weighted by molar-refractivity contribution is -0.184. The van der Waals surface area contributed by atoms with E-state index in [1.165, 1.54) is 6.66 Å². The first-order valence-electron chi connectivity index (χ1n) is 4.21. The second-order valence-electron chi connectivity index (χ2n) is 3.43. The van der Waals surface area contributed by atoms with Crippen molar-refractivity contribution < 1.29 is 23.8 Å². The van der Waals surface area contributed by atoms with Gasteiger partial charge in [0, 0.05) is 6.66 Å². The van der Waals surface area contributed by atoms with E-state index < -0.39 is 7.37 Å². The highest BCUT2D eigenvalue weighted by atomic mass is 31.2. The van der Waals surface area contributed by atoms with Gasteiger partial charge in [0.2, 0.25) is 7.37 Å². The Morgan fingerprint density at radius 3 is 2.86 bits per heavy atom. The fraction of sp³-hybridized carbons (Fsp3) is 0.857. The summed E-state index contributed by atoms with van der Waals surface area (Å²) in [6.07, 6.45) is -0.269. The summed E-state index contributed by atoms with van der Waals surface area (Å²) in [6, 6.07) is 0. The highest BCUT2D eigenvalue weighted by Gasteiger charge is 2.29. The van der Waals surface area contributed by atoms with Crippen molar-refractivity contribution in [2.45, 2.75) is 6.92 Å². The molecule has 82 valence electrons. The van der Waals surface area contributed by atoms with Crippen molar-refractivity contribution >= 4 is 13.3 Å². The second-order valence-corrected chi connectivity index (χ2v) is 5.79. The third kappa shape index (κ3) is 3.38. The Labute approximate surface area is 82.2 Å². The van der Waals surface area contributed by atoms with Gasteiger partial charge in [-0.2, -0.15) is 5.06 Å². The minimum absolute atomic E-state index is 0.0957. The molecule has 7 heteroatoms. The molecule has 0 aliphatic carbocycles. The predicted molar refractivity (Wildman–Crippen MR) is 48.5 cm³/mol. The van der Waals surface area contributed by atoms with Crippen LogP contribution in [0.15, 0.2) is 0 Å². The maximum atomic E-state index is 11.3. The van der Waals surface area contributed by atoms with Gasteiger partial charge in [-0.3, -0.25) is 14.2 Å². The van der Waals surface area contributed by atoms with Gasteiger partial charge < -0.3 is 9.63 Å². The maximum Gasteiger partial charge on any atom is 0.253 e. The first kappa shape index (κ1) is 11.7. The van der Waals surface area contributed by atoms with Gasteiger partial charge in [0.15, 0.2) is 0 Å². The fourth-order valence-electron chi connectivity index (χ4n) is 0.976. The van der Waals surface area contributed by atoms with Crippen LogP contribution in [0.5, 0.6) is 0 Å². The number of carbonyl (C=O) groups excluding carboxylic acids is 1. The van der Waals surface area contributed by atoms with Crippen molar-refractivity contribution in [1.29, 1.82) is 0 Å². The summed E-state index contributed by atoms with van der Waals surface area (Å²) in [6.45, 7) is 3.19. The topological polar surface area (TPSA) is 76.1 Å². The molecule has 0 aromatic heterocycles. The van der Waals surface area contributed by atoms with Gasteiger partial charge >= 0.3 is 0 Å². The van der Waals surface area contributed by atoms with Crippen molar-refractivity contribution in [3.8, 4) is 0 Å². The van der Waals surface area contributed by atoms with Crippen LogP contribution in [0.4, 0.5) is 0 Å². The second kappa shape index (κ2) is 4.40. The van der Waals surface area contributed by atoms with E-state index in [2.05, 4.69) is 0 Å². The number of rotatable bonds is 4. The molecule has 1 saturated heterocycles. The van der Waals surface area contributed by atoms with Crippen molar-refractivity contribution in [2.75, 3.05) is 26.4 Å². The minimum atomic E-state index is -3.17. The molecule has 0 spiro atoms. The number of ether oxygens (including phenoxy) is 1. The lowest BCUT2D eigenvalue weighted by atomic mass is 10.2. The molecule has 2 unspecified atom stereocenters. The zero-order chi connectivity index (χ0) is 10.8. The molecular formula is C7H14NO5P.